The molecule has 3 rings (SSSR count). The van der Waals surface area contributed by atoms with Gasteiger partial charge < -0.3 is 4.90 Å². The van der Waals surface area contributed by atoms with Crippen molar-refractivity contribution in [2.24, 2.45) is 0 Å². The summed E-state index contributed by atoms with van der Waals surface area (Å²) in [5.41, 5.74) is 4.40. The average molecular weight is 307 g/mol. The zero-order valence-corrected chi connectivity index (χ0v) is 13.9. The Balaban J connectivity index is 1.59. The maximum absolute atomic E-state index is 6.70. The summed E-state index contributed by atoms with van der Waals surface area (Å²) in [4.78, 5) is 5.03. The molecular formula is C18H27ClN2. The summed E-state index contributed by atoms with van der Waals surface area (Å²) in [7, 11) is 0. The van der Waals surface area contributed by atoms with E-state index >= 15 is 0 Å². The molecule has 3 heteroatoms. The summed E-state index contributed by atoms with van der Waals surface area (Å²) < 4.78 is 0. The summed E-state index contributed by atoms with van der Waals surface area (Å²) in [6, 6.07) is 6.94. The van der Waals surface area contributed by atoms with E-state index in [1.165, 1.54) is 50.9 Å². The van der Waals surface area contributed by atoms with Crippen LogP contribution in [0.1, 0.15) is 41.8 Å². The molecule has 2 nitrogen and oxygen atoms in total. The minimum Gasteiger partial charge on any atom is -0.301 e. The van der Waals surface area contributed by atoms with Gasteiger partial charge in [0.2, 0.25) is 0 Å². The van der Waals surface area contributed by atoms with Crippen LogP contribution in [0.15, 0.2) is 18.2 Å². The van der Waals surface area contributed by atoms with Gasteiger partial charge >= 0.3 is 0 Å². The molecule has 0 radical (unpaired) electrons. The van der Waals surface area contributed by atoms with Gasteiger partial charge in [-0.2, -0.15) is 0 Å². The number of halogens is 1. The molecule has 1 aliphatic carbocycles. The van der Waals surface area contributed by atoms with E-state index in [0.717, 1.165) is 19.6 Å². The molecule has 21 heavy (non-hydrogen) atoms. The minimum atomic E-state index is 0.130. The Morgan fingerprint density at radius 3 is 2.38 bits per heavy atom. The van der Waals surface area contributed by atoms with Crippen LogP contribution in [0.2, 0.25) is 0 Å². The lowest BCUT2D eigenvalue weighted by molar-refractivity contribution is 0.137. The maximum atomic E-state index is 6.70. The lowest BCUT2D eigenvalue weighted by Gasteiger charge is -2.35. The summed E-state index contributed by atoms with van der Waals surface area (Å²) in [5.74, 6) is 0. The molecule has 0 amide bonds. The SMILES string of the molecule is CCN1CCN(CC(Cl)c2ccc3c(c2)CCCC3)CC1. The van der Waals surface area contributed by atoms with Crippen molar-refractivity contribution >= 4 is 11.6 Å². The quantitative estimate of drug-likeness (QED) is 0.786. The Morgan fingerprint density at radius 1 is 1.00 bits per heavy atom. The van der Waals surface area contributed by atoms with Crippen molar-refractivity contribution in [2.75, 3.05) is 39.3 Å². The molecule has 1 heterocycles. The minimum absolute atomic E-state index is 0.130. The third-order valence-corrected chi connectivity index (χ3v) is 5.45. The second-order valence-corrected chi connectivity index (χ2v) is 6.96. The van der Waals surface area contributed by atoms with Crippen molar-refractivity contribution in [3.8, 4) is 0 Å². The van der Waals surface area contributed by atoms with Gasteiger partial charge in [-0.05, 0) is 48.9 Å². The van der Waals surface area contributed by atoms with E-state index in [2.05, 4.69) is 34.9 Å². The molecule has 0 bridgehead atoms. The predicted molar refractivity (Wildman–Crippen MR) is 90.2 cm³/mol. The van der Waals surface area contributed by atoms with Gasteiger partial charge in [-0.1, -0.05) is 25.1 Å². The monoisotopic (exact) mass is 306 g/mol. The number of piperazine rings is 1. The molecular weight excluding hydrogens is 280 g/mol. The van der Waals surface area contributed by atoms with Gasteiger partial charge in [-0.25, -0.2) is 0 Å². The topological polar surface area (TPSA) is 6.48 Å². The van der Waals surface area contributed by atoms with Crippen LogP contribution in [-0.2, 0) is 12.8 Å². The fraction of sp³-hybridized carbons (Fsp3) is 0.667. The zero-order chi connectivity index (χ0) is 14.7. The molecule has 2 aliphatic rings. The van der Waals surface area contributed by atoms with E-state index in [1.54, 1.807) is 11.1 Å². The molecule has 0 aromatic heterocycles. The molecule has 116 valence electrons. The summed E-state index contributed by atoms with van der Waals surface area (Å²) >= 11 is 6.70. The first-order chi connectivity index (χ1) is 10.3. The normalized spacial score (nSPS) is 22.0. The fourth-order valence-corrected chi connectivity index (χ4v) is 3.90. The standard InChI is InChI=1S/C18H27ClN2/c1-2-20-9-11-21(12-10-20)14-18(19)17-8-7-15-5-3-4-6-16(15)13-17/h7-8,13,18H,2-6,9-12,14H2,1H3. The number of likely N-dealkylation sites (N-methyl/N-ethyl adjacent to an activating group) is 1. The van der Waals surface area contributed by atoms with Gasteiger partial charge in [-0.3, -0.25) is 4.90 Å². The van der Waals surface area contributed by atoms with Crippen LogP contribution in [0.25, 0.3) is 0 Å². The van der Waals surface area contributed by atoms with Crippen LogP contribution in [0.3, 0.4) is 0 Å². The van der Waals surface area contributed by atoms with Crippen LogP contribution in [0.5, 0.6) is 0 Å². The van der Waals surface area contributed by atoms with Crippen LogP contribution < -0.4 is 0 Å². The second-order valence-electron chi connectivity index (χ2n) is 6.44. The smallest absolute Gasteiger partial charge is 0.0712 e. The highest BCUT2D eigenvalue weighted by molar-refractivity contribution is 6.21. The number of fused-ring (bicyclic) bond motifs is 1. The van der Waals surface area contributed by atoms with Gasteiger partial charge in [0.05, 0.1) is 5.38 Å². The average Bonchev–Trinajstić information content (AvgIpc) is 2.55. The number of hydrogen-bond acceptors (Lipinski definition) is 2. The van der Waals surface area contributed by atoms with E-state index in [-0.39, 0.29) is 5.38 Å². The number of nitrogens with zero attached hydrogens (tertiary/aromatic N) is 2. The number of hydrogen-bond donors (Lipinski definition) is 0. The Bertz CT molecular complexity index is 466. The Hall–Kier alpha value is -0.570. The first kappa shape index (κ1) is 15.3. The second kappa shape index (κ2) is 7.13. The largest absolute Gasteiger partial charge is 0.301 e. The molecule has 1 aromatic carbocycles. The molecule has 1 saturated heterocycles. The molecule has 1 aliphatic heterocycles. The van der Waals surface area contributed by atoms with E-state index in [9.17, 15) is 0 Å². The van der Waals surface area contributed by atoms with Gasteiger partial charge in [0, 0.05) is 32.7 Å². The Morgan fingerprint density at radius 2 is 1.67 bits per heavy atom. The van der Waals surface area contributed by atoms with Gasteiger partial charge in [0.25, 0.3) is 0 Å². The van der Waals surface area contributed by atoms with Gasteiger partial charge in [-0.15, -0.1) is 11.6 Å². The van der Waals surface area contributed by atoms with Crippen LogP contribution in [-0.4, -0.2) is 49.1 Å². The van der Waals surface area contributed by atoms with Crippen molar-refractivity contribution in [3.63, 3.8) is 0 Å². The summed E-state index contributed by atoms with van der Waals surface area (Å²) in [6.45, 7) is 9.08. The molecule has 1 unspecified atom stereocenters. The molecule has 1 aromatic rings. The summed E-state index contributed by atoms with van der Waals surface area (Å²) in [6.07, 6.45) is 5.17. The third kappa shape index (κ3) is 3.80. The number of rotatable bonds is 4. The summed E-state index contributed by atoms with van der Waals surface area (Å²) in [5, 5.41) is 0.130. The molecule has 0 saturated carbocycles. The van der Waals surface area contributed by atoms with Gasteiger partial charge in [0.15, 0.2) is 0 Å². The van der Waals surface area contributed by atoms with Crippen LogP contribution >= 0.6 is 11.6 Å². The Labute approximate surface area is 134 Å². The predicted octanol–water partition coefficient (Wildman–Crippen LogP) is 3.48. The molecule has 0 N–H and O–H groups in total. The highest BCUT2D eigenvalue weighted by Gasteiger charge is 2.20. The zero-order valence-electron chi connectivity index (χ0n) is 13.2. The molecule has 1 atom stereocenters. The van der Waals surface area contributed by atoms with Crippen LogP contribution in [0.4, 0.5) is 0 Å². The van der Waals surface area contributed by atoms with Crippen LogP contribution in [0, 0.1) is 0 Å². The van der Waals surface area contributed by atoms with Crippen molar-refractivity contribution in [2.45, 2.75) is 38.0 Å². The maximum Gasteiger partial charge on any atom is 0.0712 e. The number of benzene rings is 1. The highest BCUT2D eigenvalue weighted by Crippen LogP contribution is 2.28. The third-order valence-electron chi connectivity index (χ3n) is 5.06. The van der Waals surface area contributed by atoms with E-state index < -0.39 is 0 Å². The van der Waals surface area contributed by atoms with E-state index in [1.807, 2.05) is 0 Å². The van der Waals surface area contributed by atoms with E-state index in [4.69, 9.17) is 11.6 Å². The fourth-order valence-electron chi connectivity index (χ4n) is 3.57. The Kier molecular flexibility index (Phi) is 5.20. The molecule has 0 spiro atoms. The molecule has 1 fully saturated rings. The first-order valence-electron chi connectivity index (χ1n) is 8.46. The first-order valence-corrected chi connectivity index (χ1v) is 8.90. The van der Waals surface area contributed by atoms with Gasteiger partial charge in [0.1, 0.15) is 0 Å². The number of aryl methyl sites for hydroxylation is 2. The number of alkyl halides is 1. The van der Waals surface area contributed by atoms with Crippen molar-refractivity contribution in [1.29, 1.82) is 0 Å². The highest BCUT2D eigenvalue weighted by atomic mass is 35.5. The van der Waals surface area contributed by atoms with Crippen molar-refractivity contribution < 1.29 is 0 Å². The van der Waals surface area contributed by atoms with Crippen molar-refractivity contribution in [3.05, 3.63) is 34.9 Å². The lowest BCUT2D eigenvalue weighted by atomic mass is 9.90. The van der Waals surface area contributed by atoms with Crippen molar-refractivity contribution in [1.82, 2.24) is 9.80 Å². The van der Waals surface area contributed by atoms with E-state index in [0.29, 0.717) is 0 Å². The lowest BCUT2D eigenvalue weighted by Crippen LogP contribution is -2.46.